The molecule has 0 bridgehead atoms. The zero-order chi connectivity index (χ0) is 21.8. The predicted molar refractivity (Wildman–Crippen MR) is 114 cm³/mol. The lowest BCUT2D eigenvalue weighted by Gasteiger charge is -2.32. The molecule has 7 heteroatoms. The molecule has 0 saturated heterocycles. The quantitative estimate of drug-likeness (QED) is 0.704. The van der Waals surface area contributed by atoms with Gasteiger partial charge in [0.2, 0.25) is 5.91 Å². The van der Waals surface area contributed by atoms with Gasteiger partial charge in [0.1, 0.15) is 18.0 Å². The fourth-order valence-corrected chi connectivity index (χ4v) is 3.03. The second-order valence-electron chi connectivity index (χ2n) is 7.70. The van der Waals surface area contributed by atoms with E-state index in [1.807, 2.05) is 0 Å². The van der Waals surface area contributed by atoms with Gasteiger partial charge in [-0.2, -0.15) is 0 Å². The van der Waals surface area contributed by atoms with Crippen molar-refractivity contribution in [2.75, 3.05) is 23.4 Å². The molecular formula is C23H26N2O5. The number of anilines is 2. The van der Waals surface area contributed by atoms with Crippen LogP contribution in [0.2, 0.25) is 0 Å². The van der Waals surface area contributed by atoms with E-state index in [9.17, 15) is 14.4 Å². The molecule has 2 amide bonds. The Morgan fingerprint density at radius 2 is 1.87 bits per heavy atom. The number of ketones is 1. The molecule has 1 aliphatic rings. The van der Waals surface area contributed by atoms with Gasteiger partial charge in [-0.1, -0.05) is 13.8 Å². The number of rotatable bonds is 7. The third-order valence-electron chi connectivity index (χ3n) is 4.60. The molecule has 30 heavy (non-hydrogen) atoms. The second kappa shape index (κ2) is 8.98. The van der Waals surface area contributed by atoms with Crippen LogP contribution >= 0.6 is 0 Å². The molecule has 7 nitrogen and oxygen atoms in total. The number of amides is 2. The third kappa shape index (κ3) is 4.97. The van der Waals surface area contributed by atoms with Crippen LogP contribution in [-0.4, -0.2) is 36.9 Å². The maximum atomic E-state index is 12.6. The van der Waals surface area contributed by atoms with Gasteiger partial charge >= 0.3 is 0 Å². The number of fused-ring (bicyclic) bond motifs is 1. The molecule has 158 valence electrons. The number of hydrogen-bond acceptors (Lipinski definition) is 5. The molecule has 1 unspecified atom stereocenters. The first-order valence-corrected chi connectivity index (χ1v) is 9.90. The lowest BCUT2D eigenvalue weighted by Crippen LogP contribution is -2.47. The zero-order valence-electron chi connectivity index (χ0n) is 17.6. The Morgan fingerprint density at radius 1 is 1.17 bits per heavy atom. The van der Waals surface area contributed by atoms with E-state index in [-0.39, 0.29) is 24.1 Å². The van der Waals surface area contributed by atoms with E-state index in [0.717, 1.165) is 5.75 Å². The van der Waals surface area contributed by atoms with Crippen molar-refractivity contribution in [1.82, 2.24) is 0 Å². The lowest BCUT2D eigenvalue weighted by atomic mass is 10.1. The van der Waals surface area contributed by atoms with Crippen molar-refractivity contribution in [3.8, 4) is 11.5 Å². The van der Waals surface area contributed by atoms with Gasteiger partial charge in [-0.15, -0.1) is 0 Å². The summed E-state index contributed by atoms with van der Waals surface area (Å²) in [4.78, 5) is 38.3. The number of carbonyl (C=O) groups excluding carboxylic acids is 3. The van der Waals surface area contributed by atoms with Crippen molar-refractivity contribution in [2.24, 2.45) is 5.92 Å². The van der Waals surface area contributed by atoms with Crippen molar-refractivity contribution in [3.05, 3.63) is 48.0 Å². The highest BCUT2D eigenvalue weighted by Gasteiger charge is 2.33. The Labute approximate surface area is 176 Å². The van der Waals surface area contributed by atoms with Crippen LogP contribution in [-0.2, 0) is 9.59 Å². The van der Waals surface area contributed by atoms with Crippen molar-refractivity contribution in [2.45, 2.75) is 33.8 Å². The Bertz CT molecular complexity index is 953. The van der Waals surface area contributed by atoms with Crippen LogP contribution in [0.1, 0.15) is 38.1 Å². The summed E-state index contributed by atoms with van der Waals surface area (Å²) in [5.74, 6) is 0.789. The van der Waals surface area contributed by atoms with Gasteiger partial charge in [-0.25, -0.2) is 0 Å². The zero-order valence-corrected chi connectivity index (χ0v) is 17.6. The molecule has 2 aromatic rings. The Kier molecular flexibility index (Phi) is 6.40. The van der Waals surface area contributed by atoms with Crippen molar-refractivity contribution < 1.29 is 23.9 Å². The Balaban J connectivity index is 1.72. The maximum Gasteiger partial charge on any atom is 0.268 e. The third-order valence-corrected chi connectivity index (χ3v) is 4.60. The molecule has 1 N–H and O–H groups in total. The van der Waals surface area contributed by atoms with Crippen LogP contribution in [0, 0.1) is 5.92 Å². The van der Waals surface area contributed by atoms with E-state index in [1.165, 1.54) is 11.8 Å². The average Bonchev–Trinajstić information content (AvgIpc) is 2.70. The Hall–Kier alpha value is -3.35. The van der Waals surface area contributed by atoms with E-state index >= 15 is 0 Å². The topological polar surface area (TPSA) is 84.9 Å². The summed E-state index contributed by atoms with van der Waals surface area (Å²) in [6.45, 7) is 7.64. The highest BCUT2D eigenvalue weighted by molar-refractivity contribution is 6.07. The minimum absolute atomic E-state index is 0.131. The van der Waals surface area contributed by atoms with Gasteiger partial charge in [0.15, 0.2) is 11.9 Å². The van der Waals surface area contributed by atoms with Crippen LogP contribution in [0.3, 0.4) is 0 Å². The average molecular weight is 410 g/mol. The van der Waals surface area contributed by atoms with Gasteiger partial charge in [-0.05, 0) is 62.2 Å². The normalized spacial score (nSPS) is 15.4. The maximum absolute atomic E-state index is 12.6. The molecular weight excluding hydrogens is 384 g/mol. The Morgan fingerprint density at radius 3 is 2.50 bits per heavy atom. The monoisotopic (exact) mass is 410 g/mol. The van der Waals surface area contributed by atoms with E-state index in [1.54, 1.807) is 49.4 Å². The largest absolute Gasteiger partial charge is 0.493 e. The fourth-order valence-electron chi connectivity index (χ4n) is 3.03. The fraction of sp³-hybridized carbons (Fsp3) is 0.348. The van der Waals surface area contributed by atoms with Gasteiger partial charge in [-0.3, -0.25) is 19.3 Å². The van der Waals surface area contributed by atoms with Gasteiger partial charge in [0.05, 0.1) is 12.3 Å². The molecule has 1 heterocycles. The minimum atomic E-state index is -0.717. The summed E-state index contributed by atoms with van der Waals surface area (Å²) in [6, 6.07) is 11.9. The van der Waals surface area contributed by atoms with Crippen LogP contribution < -0.4 is 19.7 Å². The van der Waals surface area contributed by atoms with Crippen LogP contribution in [0.25, 0.3) is 0 Å². The molecule has 0 aliphatic carbocycles. The van der Waals surface area contributed by atoms with Gasteiger partial charge in [0, 0.05) is 11.3 Å². The molecule has 3 rings (SSSR count). The van der Waals surface area contributed by atoms with E-state index in [0.29, 0.717) is 35.2 Å². The van der Waals surface area contributed by atoms with Crippen molar-refractivity contribution >= 4 is 29.0 Å². The van der Waals surface area contributed by atoms with Crippen LogP contribution in [0.5, 0.6) is 11.5 Å². The first kappa shape index (κ1) is 21.4. The van der Waals surface area contributed by atoms with Crippen molar-refractivity contribution in [3.63, 3.8) is 0 Å². The smallest absolute Gasteiger partial charge is 0.268 e. The second-order valence-corrected chi connectivity index (χ2v) is 7.70. The highest BCUT2D eigenvalue weighted by atomic mass is 16.5. The molecule has 0 aromatic heterocycles. The molecule has 1 aliphatic heterocycles. The summed E-state index contributed by atoms with van der Waals surface area (Å²) in [7, 11) is 0. The number of nitrogens with zero attached hydrogens (tertiary/aromatic N) is 1. The van der Waals surface area contributed by atoms with Gasteiger partial charge < -0.3 is 14.8 Å². The standard InChI is InChI=1S/C23H26N2O5/c1-14(2)13-29-19-8-6-18(7-9-19)24-22(27)12-25-20-11-17(15(3)26)5-10-21(20)30-16(4)23(25)28/h5-11,14,16H,12-13H2,1-4H3,(H,24,27). The van der Waals surface area contributed by atoms with Gasteiger partial charge in [0.25, 0.3) is 5.91 Å². The summed E-state index contributed by atoms with van der Waals surface area (Å²) < 4.78 is 11.3. The molecule has 0 radical (unpaired) electrons. The summed E-state index contributed by atoms with van der Waals surface area (Å²) >= 11 is 0. The lowest BCUT2D eigenvalue weighted by molar-refractivity contribution is -0.127. The summed E-state index contributed by atoms with van der Waals surface area (Å²) in [6.07, 6.45) is -0.717. The molecule has 0 saturated carbocycles. The van der Waals surface area contributed by atoms with Crippen molar-refractivity contribution in [1.29, 1.82) is 0 Å². The molecule has 1 atom stereocenters. The number of carbonyl (C=O) groups is 3. The number of nitrogens with one attached hydrogen (secondary N) is 1. The highest BCUT2D eigenvalue weighted by Crippen LogP contribution is 2.35. The molecule has 0 fully saturated rings. The number of ether oxygens (including phenoxy) is 2. The first-order chi connectivity index (χ1) is 14.2. The molecule has 2 aromatic carbocycles. The molecule has 0 spiro atoms. The predicted octanol–water partition coefficient (Wildman–Crippen LogP) is 3.68. The van der Waals surface area contributed by atoms with E-state index < -0.39 is 6.10 Å². The summed E-state index contributed by atoms with van der Waals surface area (Å²) in [5, 5.41) is 2.79. The number of Topliss-reactive ketones (excluding diaryl/α,β-unsaturated/α-hetero) is 1. The van der Waals surface area contributed by atoms with Crippen LogP contribution in [0.4, 0.5) is 11.4 Å². The SMILES string of the molecule is CC(=O)c1ccc2c(c1)N(CC(=O)Nc1ccc(OCC(C)C)cc1)C(=O)C(C)O2. The summed E-state index contributed by atoms with van der Waals surface area (Å²) in [5.41, 5.74) is 1.46. The first-order valence-electron chi connectivity index (χ1n) is 9.90. The van der Waals surface area contributed by atoms with E-state index in [4.69, 9.17) is 9.47 Å². The van der Waals surface area contributed by atoms with E-state index in [2.05, 4.69) is 19.2 Å². The van der Waals surface area contributed by atoms with Crippen LogP contribution in [0.15, 0.2) is 42.5 Å². The number of benzene rings is 2. The minimum Gasteiger partial charge on any atom is -0.493 e. The number of hydrogen-bond donors (Lipinski definition) is 1.